The number of aromatic nitrogens is 1. The van der Waals surface area contributed by atoms with Crippen molar-refractivity contribution in [1.82, 2.24) is 4.98 Å². The second-order valence-electron chi connectivity index (χ2n) is 6.48. The van der Waals surface area contributed by atoms with Crippen LogP contribution in [0.5, 0.6) is 0 Å². The van der Waals surface area contributed by atoms with Crippen LogP contribution in [0, 0.1) is 0 Å². The van der Waals surface area contributed by atoms with Gasteiger partial charge in [0.25, 0.3) is 0 Å². The maximum absolute atomic E-state index is 12.1. The van der Waals surface area contributed by atoms with E-state index in [9.17, 15) is 9.59 Å². The summed E-state index contributed by atoms with van der Waals surface area (Å²) in [5, 5.41) is 1.17. The molecule has 4 nitrogen and oxygen atoms in total. The third-order valence-electron chi connectivity index (χ3n) is 4.51. The number of aromatic amines is 1. The number of benzene rings is 2. The van der Waals surface area contributed by atoms with Crippen molar-refractivity contribution in [2.45, 2.75) is 13.3 Å². The molecule has 0 unspecified atom stereocenters. The van der Waals surface area contributed by atoms with Gasteiger partial charge in [0, 0.05) is 28.3 Å². The molecule has 4 rings (SSSR count). The van der Waals surface area contributed by atoms with Gasteiger partial charge in [-0.2, -0.15) is 0 Å². The molecule has 140 valence electrons. The van der Waals surface area contributed by atoms with Crippen LogP contribution in [0.4, 0.5) is 0 Å². The number of thiophene rings is 1. The summed E-state index contributed by atoms with van der Waals surface area (Å²) < 4.78 is 6.31. The quantitative estimate of drug-likeness (QED) is 0.487. The molecule has 0 aliphatic rings. The Bertz CT molecular complexity index is 1190. The van der Waals surface area contributed by atoms with Crippen LogP contribution in [-0.4, -0.2) is 17.6 Å². The van der Waals surface area contributed by atoms with E-state index < -0.39 is 0 Å². The SMILES string of the molecule is CCOC(=O)c1cccc(-c2cccc3cc(Cc4ccc(=O)[nH]c4)sc23)c1. The standard InChI is InChI=1S/C23H19NO3S/c1-2-27-23(26)18-7-3-5-16(12-18)20-8-4-6-17-13-19(28-22(17)20)11-15-9-10-21(25)24-14-15/h3-10,12-14H,2,11H2,1H3,(H,24,25). The number of carbonyl (C=O) groups is 1. The number of fused-ring (bicyclic) bond motifs is 1. The summed E-state index contributed by atoms with van der Waals surface area (Å²) in [4.78, 5) is 27.3. The molecule has 2 aromatic carbocycles. The number of rotatable bonds is 5. The molecule has 2 aromatic heterocycles. The lowest BCUT2D eigenvalue weighted by Gasteiger charge is -2.06. The van der Waals surface area contributed by atoms with Crippen LogP contribution >= 0.6 is 11.3 Å². The Kier molecular flexibility index (Phi) is 5.08. The Hall–Kier alpha value is -3.18. The van der Waals surface area contributed by atoms with Gasteiger partial charge in [0.1, 0.15) is 0 Å². The molecule has 0 radical (unpaired) electrons. The predicted octanol–water partition coefficient (Wildman–Crippen LogP) is 5.02. The number of H-pyrrole nitrogens is 1. The van der Waals surface area contributed by atoms with E-state index in [2.05, 4.69) is 23.2 Å². The Morgan fingerprint density at radius 2 is 1.93 bits per heavy atom. The molecule has 5 heteroatoms. The summed E-state index contributed by atoms with van der Waals surface area (Å²) in [5.41, 5.74) is 3.62. The van der Waals surface area contributed by atoms with E-state index in [0.717, 1.165) is 23.1 Å². The van der Waals surface area contributed by atoms with Crippen molar-refractivity contribution >= 4 is 27.4 Å². The Balaban J connectivity index is 1.71. The molecule has 28 heavy (non-hydrogen) atoms. The van der Waals surface area contributed by atoms with Crippen LogP contribution in [0.2, 0.25) is 0 Å². The molecular weight excluding hydrogens is 370 g/mol. The third-order valence-corrected chi connectivity index (χ3v) is 5.69. The van der Waals surface area contributed by atoms with Crippen LogP contribution in [0.15, 0.2) is 71.7 Å². The zero-order valence-electron chi connectivity index (χ0n) is 15.4. The van der Waals surface area contributed by atoms with Crippen LogP contribution < -0.4 is 5.56 Å². The van der Waals surface area contributed by atoms with Crippen molar-refractivity contribution in [3.8, 4) is 11.1 Å². The topological polar surface area (TPSA) is 59.2 Å². The lowest BCUT2D eigenvalue weighted by atomic mass is 10.0. The van der Waals surface area contributed by atoms with Gasteiger partial charge in [-0.3, -0.25) is 4.79 Å². The average molecular weight is 389 g/mol. The molecule has 2 heterocycles. The van der Waals surface area contributed by atoms with Gasteiger partial charge < -0.3 is 9.72 Å². The number of nitrogens with one attached hydrogen (secondary N) is 1. The van der Waals surface area contributed by atoms with E-state index in [1.165, 1.54) is 15.0 Å². The highest BCUT2D eigenvalue weighted by molar-refractivity contribution is 7.19. The van der Waals surface area contributed by atoms with E-state index in [1.807, 2.05) is 30.3 Å². The highest BCUT2D eigenvalue weighted by atomic mass is 32.1. The minimum absolute atomic E-state index is 0.0936. The molecule has 0 aliphatic carbocycles. The average Bonchev–Trinajstić information content (AvgIpc) is 3.12. The number of hydrogen-bond donors (Lipinski definition) is 1. The van der Waals surface area contributed by atoms with E-state index in [0.29, 0.717) is 12.2 Å². The van der Waals surface area contributed by atoms with E-state index >= 15 is 0 Å². The van der Waals surface area contributed by atoms with Crippen LogP contribution in [0.25, 0.3) is 21.2 Å². The molecule has 0 saturated heterocycles. The van der Waals surface area contributed by atoms with Crippen molar-refractivity contribution in [2.24, 2.45) is 0 Å². The second-order valence-corrected chi connectivity index (χ2v) is 7.61. The molecule has 0 amide bonds. The lowest BCUT2D eigenvalue weighted by Crippen LogP contribution is -2.04. The van der Waals surface area contributed by atoms with E-state index in [-0.39, 0.29) is 11.5 Å². The van der Waals surface area contributed by atoms with Crippen LogP contribution in [0.3, 0.4) is 0 Å². The first-order valence-corrected chi connectivity index (χ1v) is 9.92. The summed E-state index contributed by atoms with van der Waals surface area (Å²) in [6, 6.07) is 19.4. The number of hydrogen-bond acceptors (Lipinski definition) is 4. The number of pyridine rings is 1. The first kappa shape index (κ1) is 18.2. The molecule has 0 saturated carbocycles. The van der Waals surface area contributed by atoms with Crippen molar-refractivity contribution in [3.05, 3.63) is 93.2 Å². The fourth-order valence-electron chi connectivity index (χ4n) is 3.21. The fraction of sp³-hybridized carbons (Fsp3) is 0.130. The largest absolute Gasteiger partial charge is 0.462 e. The van der Waals surface area contributed by atoms with Crippen molar-refractivity contribution in [3.63, 3.8) is 0 Å². The highest BCUT2D eigenvalue weighted by Gasteiger charge is 2.12. The van der Waals surface area contributed by atoms with Crippen LogP contribution in [-0.2, 0) is 11.2 Å². The van der Waals surface area contributed by atoms with Crippen molar-refractivity contribution < 1.29 is 9.53 Å². The van der Waals surface area contributed by atoms with Gasteiger partial charge in [-0.25, -0.2) is 4.79 Å². The summed E-state index contributed by atoms with van der Waals surface area (Å²) >= 11 is 1.73. The number of ether oxygens (including phenoxy) is 1. The fourth-order valence-corrected chi connectivity index (χ4v) is 4.44. The minimum atomic E-state index is -0.304. The molecular formula is C23H19NO3S. The van der Waals surface area contributed by atoms with Crippen LogP contribution in [0.1, 0.15) is 27.7 Å². The van der Waals surface area contributed by atoms with Gasteiger partial charge in [0.15, 0.2) is 0 Å². The van der Waals surface area contributed by atoms with Gasteiger partial charge >= 0.3 is 5.97 Å². The number of esters is 1. The Morgan fingerprint density at radius 1 is 1.07 bits per heavy atom. The molecule has 0 atom stereocenters. The maximum atomic E-state index is 12.1. The summed E-state index contributed by atoms with van der Waals surface area (Å²) in [5.74, 6) is -0.304. The zero-order valence-corrected chi connectivity index (χ0v) is 16.2. The maximum Gasteiger partial charge on any atom is 0.338 e. The van der Waals surface area contributed by atoms with Crippen molar-refractivity contribution in [1.29, 1.82) is 0 Å². The Labute approximate surface area is 166 Å². The lowest BCUT2D eigenvalue weighted by molar-refractivity contribution is 0.0526. The minimum Gasteiger partial charge on any atom is -0.462 e. The molecule has 0 spiro atoms. The molecule has 4 aromatic rings. The highest BCUT2D eigenvalue weighted by Crippen LogP contribution is 2.36. The molecule has 1 N–H and O–H groups in total. The molecule has 0 fully saturated rings. The Morgan fingerprint density at radius 3 is 2.71 bits per heavy atom. The van der Waals surface area contributed by atoms with Gasteiger partial charge in [-0.05, 0) is 47.2 Å². The van der Waals surface area contributed by atoms with Crippen molar-refractivity contribution in [2.75, 3.05) is 6.61 Å². The second kappa shape index (κ2) is 7.82. The zero-order chi connectivity index (χ0) is 19.5. The normalized spacial score (nSPS) is 10.9. The van der Waals surface area contributed by atoms with Gasteiger partial charge in [-0.1, -0.05) is 36.4 Å². The first-order valence-electron chi connectivity index (χ1n) is 9.10. The third kappa shape index (κ3) is 3.75. The van der Waals surface area contributed by atoms with Gasteiger partial charge in [0.2, 0.25) is 5.56 Å². The molecule has 0 bridgehead atoms. The van der Waals surface area contributed by atoms with E-state index in [4.69, 9.17) is 4.74 Å². The summed E-state index contributed by atoms with van der Waals surface area (Å²) in [6.07, 6.45) is 2.52. The van der Waals surface area contributed by atoms with Gasteiger partial charge in [0.05, 0.1) is 12.2 Å². The summed E-state index contributed by atoms with van der Waals surface area (Å²) in [6.45, 7) is 2.16. The summed E-state index contributed by atoms with van der Waals surface area (Å²) in [7, 11) is 0. The molecule has 0 aliphatic heterocycles. The number of carbonyl (C=O) groups excluding carboxylic acids is 1. The smallest absolute Gasteiger partial charge is 0.338 e. The monoisotopic (exact) mass is 389 g/mol. The predicted molar refractivity (Wildman–Crippen MR) is 113 cm³/mol. The first-order chi connectivity index (χ1) is 13.6. The van der Waals surface area contributed by atoms with Gasteiger partial charge in [-0.15, -0.1) is 11.3 Å². The van der Waals surface area contributed by atoms with E-state index in [1.54, 1.807) is 36.6 Å².